The Morgan fingerprint density at radius 1 is 1.36 bits per heavy atom. The molecule has 0 bridgehead atoms. The van der Waals surface area contributed by atoms with Gasteiger partial charge in [0.2, 0.25) is 0 Å². The predicted molar refractivity (Wildman–Crippen MR) is 50.6 cm³/mol. The lowest BCUT2D eigenvalue weighted by atomic mass is 9.83. The minimum atomic E-state index is -0.157. The fourth-order valence-corrected chi connectivity index (χ4v) is 2.02. The van der Waals surface area contributed by atoms with E-state index in [-0.39, 0.29) is 6.61 Å². The molecule has 1 aliphatic rings. The summed E-state index contributed by atoms with van der Waals surface area (Å²) in [5, 5.41) is 12.7. The number of hydrogen-bond acceptors (Lipinski definition) is 4. The summed E-state index contributed by atoms with van der Waals surface area (Å²) < 4.78 is 4.88. The van der Waals surface area contributed by atoms with Crippen molar-refractivity contribution in [3.8, 4) is 0 Å². The molecule has 1 aromatic rings. The molecule has 0 atom stereocenters. The van der Waals surface area contributed by atoms with Crippen LogP contribution in [-0.4, -0.2) is 15.2 Å². The second-order valence-corrected chi connectivity index (χ2v) is 4.16. The van der Waals surface area contributed by atoms with E-state index in [9.17, 15) is 0 Å². The molecule has 1 aromatic heterocycles. The van der Waals surface area contributed by atoms with E-state index in [1.165, 1.54) is 12.8 Å². The maximum atomic E-state index is 8.80. The van der Waals surface area contributed by atoms with E-state index in [4.69, 9.17) is 9.63 Å². The quantitative estimate of drug-likeness (QED) is 0.784. The molecule has 4 nitrogen and oxygen atoms in total. The van der Waals surface area contributed by atoms with Crippen LogP contribution in [0.2, 0.25) is 0 Å². The van der Waals surface area contributed by atoms with E-state index >= 15 is 0 Å². The Morgan fingerprint density at radius 2 is 2.07 bits per heavy atom. The Morgan fingerprint density at radius 3 is 2.64 bits per heavy atom. The average Bonchev–Trinajstić information content (AvgIpc) is 2.67. The number of rotatable bonds is 2. The van der Waals surface area contributed by atoms with Gasteiger partial charge in [0.05, 0.1) is 0 Å². The topological polar surface area (TPSA) is 59.2 Å². The van der Waals surface area contributed by atoms with Crippen LogP contribution in [0.5, 0.6) is 0 Å². The third kappa shape index (κ3) is 1.95. The molecule has 0 radical (unpaired) electrons. The number of aromatic nitrogens is 2. The van der Waals surface area contributed by atoms with E-state index in [1.54, 1.807) is 0 Å². The van der Waals surface area contributed by atoms with Crippen LogP contribution in [0.4, 0.5) is 0 Å². The summed E-state index contributed by atoms with van der Waals surface area (Å²) in [4.78, 5) is 4.15. The number of nitrogens with zero attached hydrogens (tertiary/aromatic N) is 2. The van der Waals surface area contributed by atoms with Gasteiger partial charge in [-0.2, -0.15) is 4.98 Å². The molecule has 0 spiro atoms. The molecule has 1 fully saturated rings. The van der Waals surface area contributed by atoms with Crippen molar-refractivity contribution in [1.82, 2.24) is 10.1 Å². The molecule has 14 heavy (non-hydrogen) atoms. The van der Waals surface area contributed by atoms with Crippen molar-refractivity contribution in [2.24, 2.45) is 5.92 Å². The molecule has 0 amide bonds. The third-order valence-corrected chi connectivity index (χ3v) is 3.00. The molecule has 0 saturated heterocycles. The van der Waals surface area contributed by atoms with Crippen LogP contribution < -0.4 is 0 Å². The number of aliphatic hydroxyl groups excluding tert-OH is 1. The van der Waals surface area contributed by atoms with Gasteiger partial charge in [-0.1, -0.05) is 24.9 Å². The first kappa shape index (κ1) is 9.65. The molecule has 2 rings (SSSR count). The number of aliphatic hydroxyl groups is 1. The summed E-state index contributed by atoms with van der Waals surface area (Å²) in [5.41, 5.74) is 0. The summed E-state index contributed by atoms with van der Waals surface area (Å²) in [6.07, 6.45) is 4.78. The maximum Gasteiger partial charge on any atom is 0.252 e. The van der Waals surface area contributed by atoms with Crippen molar-refractivity contribution >= 4 is 0 Å². The zero-order valence-electron chi connectivity index (χ0n) is 8.44. The Hall–Kier alpha value is -0.900. The van der Waals surface area contributed by atoms with Crippen LogP contribution >= 0.6 is 0 Å². The van der Waals surface area contributed by atoms with Crippen molar-refractivity contribution in [3.63, 3.8) is 0 Å². The molecule has 4 heteroatoms. The van der Waals surface area contributed by atoms with Gasteiger partial charge in [0.1, 0.15) is 6.61 Å². The highest BCUT2D eigenvalue weighted by Gasteiger charge is 2.23. The van der Waals surface area contributed by atoms with E-state index in [0.717, 1.165) is 24.6 Å². The van der Waals surface area contributed by atoms with Gasteiger partial charge in [-0.25, -0.2) is 0 Å². The Balaban J connectivity index is 2.01. The van der Waals surface area contributed by atoms with Gasteiger partial charge >= 0.3 is 0 Å². The van der Waals surface area contributed by atoms with Gasteiger partial charge in [-0.15, -0.1) is 0 Å². The molecule has 1 heterocycles. The van der Waals surface area contributed by atoms with Gasteiger partial charge in [-0.05, 0) is 18.8 Å². The van der Waals surface area contributed by atoms with Crippen LogP contribution in [0.15, 0.2) is 4.52 Å². The summed E-state index contributed by atoms with van der Waals surface area (Å²) in [6, 6.07) is 0. The van der Waals surface area contributed by atoms with Crippen molar-refractivity contribution in [2.45, 2.75) is 45.1 Å². The minimum Gasteiger partial charge on any atom is -0.387 e. The van der Waals surface area contributed by atoms with Crippen LogP contribution in [0.3, 0.4) is 0 Å². The van der Waals surface area contributed by atoms with Crippen molar-refractivity contribution in [3.05, 3.63) is 11.7 Å². The highest BCUT2D eigenvalue weighted by Crippen LogP contribution is 2.33. The number of hydrogen-bond donors (Lipinski definition) is 1. The van der Waals surface area contributed by atoms with E-state index in [2.05, 4.69) is 17.1 Å². The molecule has 0 aliphatic heterocycles. The molecule has 0 unspecified atom stereocenters. The average molecular weight is 196 g/mol. The molecular formula is C10H16N2O2. The van der Waals surface area contributed by atoms with Crippen LogP contribution in [-0.2, 0) is 6.61 Å². The lowest BCUT2D eigenvalue weighted by molar-refractivity contribution is 0.222. The lowest BCUT2D eigenvalue weighted by Gasteiger charge is -2.23. The van der Waals surface area contributed by atoms with Gasteiger partial charge in [0.15, 0.2) is 5.82 Å². The summed E-state index contributed by atoms with van der Waals surface area (Å²) in [5.74, 6) is 2.38. The van der Waals surface area contributed by atoms with Crippen LogP contribution in [0, 0.1) is 5.92 Å². The normalized spacial score (nSPS) is 27.9. The monoisotopic (exact) mass is 196 g/mol. The zero-order chi connectivity index (χ0) is 9.97. The molecule has 78 valence electrons. The zero-order valence-corrected chi connectivity index (χ0v) is 8.44. The SMILES string of the molecule is CC1CCC(c2noc(CO)n2)CC1. The third-order valence-electron chi connectivity index (χ3n) is 3.00. The molecular weight excluding hydrogens is 180 g/mol. The van der Waals surface area contributed by atoms with E-state index < -0.39 is 0 Å². The first-order valence-corrected chi connectivity index (χ1v) is 5.23. The lowest BCUT2D eigenvalue weighted by Crippen LogP contribution is -2.12. The first-order valence-electron chi connectivity index (χ1n) is 5.23. The van der Waals surface area contributed by atoms with Gasteiger partial charge < -0.3 is 9.63 Å². The Bertz CT molecular complexity index is 290. The summed E-state index contributed by atoms with van der Waals surface area (Å²) in [6.45, 7) is 2.13. The highest BCUT2D eigenvalue weighted by molar-refractivity contribution is 4.96. The predicted octanol–water partition coefficient (Wildman–Crippen LogP) is 1.86. The second-order valence-electron chi connectivity index (χ2n) is 4.16. The Kier molecular flexibility index (Phi) is 2.82. The van der Waals surface area contributed by atoms with Crippen molar-refractivity contribution in [1.29, 1.82) is 0 Å². The molecule has 1 aliphatic carbocycles. The molecule has 1 N–H and O–H groups in total. The van der Waals surface area contributed by atoms with Gasteiger partial charge in [0, 0.05) is 5.92 Å². The van der Waals surface area contributed by atoms with Crippen LogP contribution in [0.1, 0.15) is 50.2 Å². The van der Waals surface area contributed by atoms with Gasteiger partial charge in [0.25, 0.3) is 5.89 Å². The van der Waals surface area contributed by atoms with Crippen molar-refractivity contribution in [2.75, 3.05) is 0 Å². The smallest absolute Gasteiger partial charge is 0.252 e. The standard InChI is InChI=1S/C10H16N2O2/c1-7-2-4-8(5-3-7)10-11-9(6-13)14-12-10/h7-8,13H,2-6H2,1H3. The fourth-order valence-electron chi connectivity index (χ4n) is 2.02. The highest BCUT2D eigenvalue weighted by atomic mass is 16.5. The first-order chi connectivity index (χ1) is 6.79. The Labute approximate surface area is 83.3 Å². The van der Waals surface area contributed by atoms with E-state index in [0.29, 0.717) is 11.8 Å². The van der Waals surface area contributed by atoms with E-state index in [1.807, 2.05) is 0 Å². The minimum absolute atomic E-state index is 0.157. The largest absolute Gasteiger partial charge is 0.387 e. The molecule has 1 saturated carbocycles. The summed E-state index contributed by atoms with van der Waals surface area (Å²) in [7, 11) is 0. The second kappa shape index (κ2) is 4.09. The van der Waals surface area contributed by atoms with Gasteiger partial charge in [-0.3, -0.25) is 0 Å². The maximum absolute atomic E-state index is 8.80. The molecule has 0 aromatic carbocycles. The van der Waals surface area contributed by atoms with Crippen LogP contribution in [0.25, 0.3) is 0 Å². The summed E-state index contributed by atoms with van der Waals surface area (Å²) >= 11 is 0. The fraction of sp³-hybridized carbons (Fsp3) is 0.800. The van der Waals surface area contributed by atoms with Crippen molar-refractivity contribution < 1.29 is 9.63 Å².